The summed E-state index contributed by atoms with van der Waals surface area (Å²) in [5, 5.41) is 12.4. The molecule has 21 heavy (non-hydrogen) atoms. The third kappa shape index (κ3) is 2.56. The number of hydrogen-bond donors (Lipinski definition) is 2. The average molecular weight is 297 g/mol. The molecule has 0 heterocycles. The molecule has 2 saturated carbocycles. The van der Waals surface area contributed by atoms with E-state index in [1.165, 1.54) is 0 Å². The molecule has 2 aliphatic carbocycles. The fourth-order valence-corrected chi connectivity index (χ4v) is 4.10. The molecule has 0 aromatic carbocycles. The molecule has 0 aromatic rings. The molecule has 1 amide bonds. The average Bonchev–Trinajstić information content (AvgIpc) is 2.39. The summed E-state index contributed by atoms with van der Waals surface area (Å²) in [5.74, 6) is -0.951. The first-order chi connectivity index (χ1) is 9.94. The van der Waals surface area contributed by atoms with Gasteiger partial charge in [-0.25, -0.2) is 0 Å². The van der Waals surface area contributed by atoms with Crippen molar-refractivity contribution in [2.75, 3.05) is 7.11 Å². The minimum absolute atomic E-state index is 0.000407. The van der Waals surface area contributed by atoms with Gasteiger partial charge in [-0.1, -0.05) is 20.3 Å². The van der Waals surface area contributed by atoms with Crippen molar-refractivity contribution >= 4 is 11.9 Å². The van der Waals surface area contributed by atoms with Gasteiger partial charge in [-0.05, 0) is 32.1 Å². The lowest BCUT2D eigenvalue weighted by molar-refractivity contribution is -0.160. The van der Waals surface area contributed by atoms with Gasteiger partial charge in [-0.2, -0.15) is 0 Å². The maximum atomic E-state index is 12.3. The van der Waals surface area contributed by atoms with Crippen LogP contribution in [-0.4, -0.2) is 36.2 Å². The van der Waals surface area contributed by atoms with E-state index < -0.39 is 11.4 Å². The number of ether oxygens (including phenoxy) is 1. The number of carbonyl (C=O) groups excluding carboxylic acids is 1. The first-order valence-electron chi connectivity index (χ1n) is 7.99. The number of amides is 1. The lowest BCUT2D eigenvalue weighted by Crippen LogP contribution is -2.64. The molecule has 2 N–H and O–H groups in total. The molecule has 2 atom stereocenters. The van der Waals surface area contributed by atoms with Crippen molar-refractivity contribution in [3.8, 4) is 0 Å². The van der Waals surface area contributed by atoms with Gasteiger partial charge in [0.2, 0.25) is 5.91 Å². The van der Waals surface area contributed by atoms with Crippen molar-refractivity contribution in [3.05, 3.63) is 0 Å². The molecule has 2 rings (SSSR count). The minimum atomic E-state index is -0.829. The zero-order valence-electron chi connectivity index (χ0n) is 13.3. The van der Waals surface area contributed by atoms with E-state index in [2.05, 4.69) is 19.2 Å². The maximum absolute atomic E-state index is 12.3. The summed E-state index contributed by atoms with van der Waals surface area (Å²) < 4.78 is 5.52. The van der Waals surface area contributed by atoms with Crippen molar-refractivity contribution in [1.82, 2.24) is 5.32 Å². The molecule has 120 valence electrons. The number of carboxylic acids is 1. The number of nitrogens with one attached hydrogen (secondary N) is 1. The Morgan fingerprint density at radius 2 is 1.90 bits per heavy atom. The Kier molecular flexibility index (Phi) is 4.61. The largest absolute Gasteiger partial charge is 0.481 e. The van der Waals surface area contributed by atoms with Crippen molar-refractivity contribution in [2.24, 2.45) is 10.8 Å². The second-order valence-electron chi connectivity index (χ2n) is 6.64. The lowest BCUT2D eigenvalue weighted by atomic mass is 9.58. The Morgan fingerprint density at radius 1 is 1.29 bits per heavy atom. The van der Waals surface area contributed by atoms with Crippen LogP contribution in [0.15, 0.2) is 0 Å². The summed E-state index contributed by atoms with van der Waals surface area (Å²) in [6, 6.07) is 0.107. The fourth-order valence-electron chi connectivity index (χ4n) is 4.10. The number of aliphatic carboxylic acids is 1. The zero-order valence-corrected chi connectivity index (χ0v) is 13.3. The molecule has 0 bridgehead atoms. The van der Waals surface area contributed by atoms with Gasteiger partial charge >= 0.3 is 5.97 Å². The zero-order chi connectivity index (χ0) is 15.7. The monoisotopic (exact) mass is 297 g/mol. The van der Waals surface area contributed by atoms with Crippen LogP contribution in [0.25, 0.3) is 0 Å². The first-order valence-corrected chi connectivity index (χ1v) is 7.99. The molecule has 0 aromatic heterocycles. The highest BCUT2D eigenvalue weighted by atomic mass is 16.5. The second kappa shape index (κ2) is 5.95. The first kappa shape index (κ1) is 16.3. The van der Waals surface area contributed by atoms with E-state index in [1.54, 1.807) is 7.11 Å². The number of hydrogen-bond acceptors (Lipinski definition) is 3. The van der Waals surface area contributed by atoms with Gasteiger partial charge in [0.05, 0.1) is 11.5 Å². The van der Waals surface area contributed by atoms with E-state index in [0.717, 1.165) is 25.7 Å². The topological polar surface area (TPSA) is 75.6 Å². The van der Waals surface area contributed by atoms with Gasteiger partial charge in [0.1, 0.15) is 0 Å². The number of carboxylic acid groups (broad SMARTS) is 1. The number of methoxy groups -OCH3 is 1. The van der Waals surface area contributed by atoms with Gasteiger partial charge in [-0.15, -0.1) is 0 Å². The molecule has 0 spiro atoms. The fraction of sp³-hybridized carbons (Fsp3) is 0.875. The van der Waals surface area contributed by atoms with Crippen molar-refractivity contribution < 1.29 is 19.4 Å². The quantitative estimate of drug-likeness (QED) is 0.756. The Morgan fingerprint density at radius 3 is 2.29 bits per heavy atom. The normalized spacial score (nSPS) is 29.1. The molecule has 2 aliphatic rings. The predicted octanol–water partition coefficient (Wildman–Crippen LogP) is 2.34. The van der Waals surface area contributed by atoms with E-state index in [1.807, 2.05) is 0 Å². The van der Waals surface area contributed by atoms with Crippen LogP contribution in [0.2, 0.25) is 0 Å². The molecule has 5 heteroatoms. The smallest absolute Gasteiger partial charge is 0.310 e. The van der Waals surface area contributed by atoms with Gasteiger partial charge < -0.3 is 15.2 Å². The second-order valence-corrected chi connectivity index (χ2v) is 6.64. The van der Waals surface area contributed by atoms with Crippen molar-refractivity contribution in [1.29, 1.82) is 0 Å². The van der Waals surface area contributed by atoms with Gasteiger partial charge in [0.25, 0.3) is 0 Å². The molecule has 0 saturated heterocycles. The summed E-state index contributed by atoms with van der Waals surface area (Å²) in [5.41, 5.74) is -0.810. The SMILES string of the molecule is CCC1(CC)C(NC(=O)CC2(C(=O)O)CCC2)CC1OC. The van der Waals surface area contributed by atoms with E-state index in [-0.39, 0.29) is 29.9 Å². The summed E-state index contributed by atoms with van der Waals surface area (Å²) >= 11 is 0. The Hall–Kier alpha value is -1.10. The maximum Gasteiger partial charge on any atom is 0.310 e. The van der Waals surface area contributed by atoms with Crippen LogP contribution in [0, 0.1) is 10.8 Å². The van der Waals surface area contributed by atoms with E-state index in [4.69, 9.17) is 4.74 Å². The molecule has 2 unspecified atom stereocenters. The van der Waals surface area contributed by atoms with E-state index in [9.17, 15) is 14.7 Å². The lowest BCUT2D eigenvalue weighted by Gasteiger charge is -2.55. The summed E-state index contributed by atoms with van der Waals surface area (Å²) in [6.07, 6.45) is 5.18. The minimum Gasteiger partial charge on any atom is -0.481 e. The third-order valence-corrected chi connectivity index (χ3v) is 5.98. The summed E-state index contributed by atoms with van der Waals surface area (Å²) in [4.78, 5) is 23.6. The molecule has 0 aliphatic heterocycles. The van der Waals surface area contributed by atoms with Gasteiger partial charge in [0, 0.05) is 25.0 Å². The molecule has 5 nitrogen and oxygen atoms in total. The third-order valence-electron chi connectivity index (χ3n) is 5.98. The number of rotatable bonds is 7. The summed E-state index contributed by atoms with van der Waals surface area (Å²) in [7, 11) is 1.72. The van der Waals surface area contributed by atoms with Crippen LogP contribution in [0.3, 0.4) is 0 Å². The van der Waals surface area contributed by atoms with E-state index >= 15 is 0 Å². The van der Waals surface area contributed by atoms with Crippen molar-refractivity contribution in [2.45, 2.75) is 70.9 Å². The van der Waals surface area contributed by atoms with Crippen LogP contribution >= 0.6 is 0 Å². The Balaban J connectivity index is 1.96. The highest BCUT2D eigenvalue weighted by Gasteiger charge is 2.54. The highest BCUT2D eigenvalue weighted by molar-refractivity contribution is 5.85. The highest BCUT2D eigenvalue weighted by Crippen LogP contribution is 2.49. The predicted molar refractivity (Wildman–Crippen MR) is 78.9 cm³/mol. The van der Waals surface area contributed by atoms with Gasteiger partial charge in [0.15, 0.2) is 0 Å². The van der Waals surface area contributed by atoms with Crippen LogP contribution in [0.5, 0.6) is 0 Å². The van der Waals surface area contributed by atoms with Crippen LogP contribution < -0.4 is 5.32 Å². The van der Waals surface area contributed by atoms with Gasteiger partial charge in [-0.3, -0.25) is 9.59 Å². The van der Waals surface area contributed by atoms with Crippen LogP contribution in [-0.2, 0) is 14.3 Å². The molecular formula is C16H27NO4. The molecule has 0 radical (unpaired) electrons. The van der Waals surface area contributed by atoms with Crippen LogP contribution in [0.1, 0.15) is 58.8 Å². The number of carbonyl (C=O) groups is 2. The summed E-state index contributed by atoms with van der Waals surface area (Å²) in [6.45, 7) is 4.25. The van der Waals surface area contributed by atoms with E-state index in [0.29, 0.717) is 12.8 Å². The van der Waals surface area contributed by atoms with Crippen LogP contribution in [0.4, 0.5) is 0 Å². The molecule has 2 fully saturated rings. The molecular weight excluding hydrogens is 270 g/mol. The Bertz CT molecular complexity index is 413. The Labute approximate surface area is 126 Å². The standard InChI is InChI=1S/C16H27NO4/c1-4-16(5-2)11(9-12(16)21-3)17-13(18)10-15(14(19)20)7-6-8-15/h11-12H,4-10H2,1-3H3,(H,17,18)(H,19,20). The van der Waals surface area contributed by atoms with Crippen molar-refractivity contribution in [3.63, 3.8) is 0 Å².